The summed E-state index contributed by atoms with van der Waals surface area (Å²) in [7, 11) is 2.03. The van der Waals surface area contributed by atoms with Crippen LogP contribution in [0.3, 0.4) is 0 Å². The van der Waals surface area contributed by atoms with Crippen LogP contribution in [0.15, 0.2) is 24.3 Å². The van der Waals surface area contributed by atoms with Crippen molar-refractivity contribution in [3.05, 3.63) is 24.3 Å². The number of hydrogen-bond donors (Lipinski definition) is 1. The third-order valence-corrected chi connectivity index (χ3v) is 2.17. The minimum Gasteiger partial charge on any atom is -0.488 e. The predicted octanol–water partition coefficient (Wildman–Crippen LogP) is 2.26. The average Bonchev–Trinajstić information content (AvgIpc) is 2.16. The molecule has 1 aromatic rings. The van der Waals surface area contributed by atoms with Crippen LogP contribution in [0.2, 0.25) is 0 Å². The standard InChI is InChI=1S/C13H22N2O/c1-13(2,3)16-12-7-5-11(6-8-12)15(4)10-9-14/h5-8H,9-10,14H2,1-4H3. The number of anilines is 1. The first-order chi connectivity index (χ1) is 7.42. The zero-order chi connectivity index (χ0) is 12.2. The Morgan fingerprint density at radius 3 is 2.19 bits per heavy atom. The van der Waals surface area contributed by atoms with Crippen molar-refractivity contribution in [2.24, 2.45) is 5.73 Å². The second kappa shape index (κ2) is 5.21. The van der Waals surface area contributed by atoms with Gasteiger partial charge < -0.3 is 15.4 Å². The molecule has 0 saturated carbocycles. The van der Waals surface area contributed by atoms with E-state index in [0.29, 0.717) is 6.54 Å². The summed E-state index contributed by atoms with van der Waals surface area (Å²) in [5, 5.41) is 0. The Hall–Kier alpha value is -1.22. The van der Waals surface area contributed by atoms with Crippen molar-refractivity contribution < 1.29 is 4.74 Å². The van der Waals surface area contributed by atoms with Crippen LogP contribution in [0.25, 0.3) is 0 Å². The number of nitrogens with zero attached hydrogens (tertiary/aromatic N) is 1. The van der Waals surface area contributed by atoms with Crippen molar-refractivity contribution in [2.75, 3.05) is 25.0 Å². The van der Waals surface area contributed by atoms with Crippen LogP contribution in [0.5, 0.6) is 5.75 Å². The molecule has 0 bridgehead atoms. The highest BCUT2D eigenvalue weighted by Crippen LogP contribution is 2.21. The van der Waals surface area contributed by atoms with Crippen LogP contribution >= 0.6 is 0 Å². The minimum atomic E-state index is -0.148. The van der Waals surface area contributed by atoms with Gasteiger partial charge in [-0.1, -0.05) is 0 Å². The molecule has 0 aliphatic carbocycles. The lowest BCUT2D eigenvalue weighted by Crippen LogP contribution is -2.25. The second-order valence-electron chi connectivity index (χ2n) is 4.92. The zero-order valence-corrected chi connectivity index (χ0v) is 10.7. The van der Waals surface area contributed by atoms with Gasteiger partial charge in [0.25, 0.3) is 0 Å². The normalized spacial score (nSPS) is 11.3. The number of likely N-dealkylation sites (N-methyl/N-ethyl adjacent to an activating group) is 1. The van der Waals surface area contributed by atoms with Crippen molar-refractivity contribution in [3.63, 3.8) is 0 Å². The fraction of sp³-hybridized carbons (Fsp3) is 0.538. The van der Waals surface area contributed by atoms with Gasteiger partial charge in [0.1, 0.15) is 11.4 Å². The Morgan fingerprint density at radius 1 is 1.19 bits per heavy atom. The van der Waals surface area contributed by atoms with E-state index < -0.39 is 0 Å². The molecule has 90 valence electrons. The Labute approximate surface area is 98.2 Å². The molecule has 0 heterocycles. The van der Waals surface area contributed by atoms with Gasteiger partial charge in [0.05, 0.1) is 0 Å². The first-order valence-corrected chi connectivity index (χ1v) is 5.62. The highest BCUT2D eigenvalue weighted by molar-refractivity contribution is 5.48. The van der Waals surface area contributed by atoms with E-state index in [9.17, 15) is 0 Å². The molecule has 0 atom stereocenters. The molecule has 3 nitrogen and oxygen atoms in total. The Bertz CT molecular complexity index is 314. The van der Waals surface area contributed by atoms with Crippen molar-refractivity contribution in [3.8, 4) is 5.75 Å². The number of rotatable bonds is 4. The lowest BCUT2D eigenvalue weighted by Gasteiger charge is -2.22. The molecule has 0 unspecified atom stereocenters. The van der Waals surface area contributed by atoms with Crippen LogP contribution in [0.1, 0.15) is 20.8 Å². The third-order valence-electron chi connectivity index (χ3n) is 2.17. The molecule has 16 heavy (non-hydrogen) atoms. The molecule has 3 heteroatoms. The lowest BCUT2D eigenvalue weighted by molar-refractivity contribution is 0.131. The molecule has 0 radical (unpaired) electrons. The molecule has 0 fully saturated rings. The van der Waals surface area contributed by atoms with Gasteiger partial charge in [-0.15, -0.1) is 0 Å². The molecular formula is C13H22N2O. The van der Waals surface area contributed by atoms with E-state index in [4.69, 9.17) is 10.5 Å². The van der Waals surface area contributed by atoms with Crippen LogP contribution in [0, 0.1) is 0 Å². The summed E-state index contributed by atoms with van der Waals surface area (Å²) in [5.41, 5.74) is 6.52. The smallest absolute Gasteiger partial charge is 0.120 e. The summed E-state index contributed by atoms with van der Waals surface area (Å²) in [6.07, 6.45) is 0. The third kappa shape index (κ3) is 4.11. The summed E-state index contributed by atoms with van der Waals surface area (Å²) in [6.45, 7) is 7.65. The Balaban J connectivity index is 2.68. The first-order valence-electron chi connectivity index (χ1n) is 5.62. The van der Waals surface area contributed by atoms with E-state index in [2.05, 4.69) is 17.0 Å². The van der Waals surface area contributed by atoms with Gasteiger partial charge in [0, 0.05) is 25.8 Å². The molecule has 0 spiro atoms. The van der Waals surface area contributed by atoms with Crippen LogP contribution in [-0.2, 0) is 0 Å². The number of ether oxygens (including phenoxy) is 1. The SMILES string of the molecule is CN(CCN)c1ccc(OC(C)(C)C)cc1. The first kappa shape index (κ1) is 12.8. The van der Waals surface area contributed by atoms with Gasteiger partial charge in [-0.25, -0.2) is 0 Å². The summed E-state index contributed by atoms with van der Waals surface area (Å²) >= 11 is 0. The van der Waals surface area contributed by atoms with E-state index in [-0.39, 0.29) is 5.60 Å². The lowest BCUT2D eigenvalue weighted by atomic mass is 10.2. The molecule has 1 aromatic carbocycles. The Kier molecular flexibility index (Phi) is 4.19. The van der Waals surface area contributed by atoms with Gasteiger partial charge in [-0.3, -0.25) is 0 Å². The predicted molar refractivity (Wildman–Crippen MR) is 69.1 cm³/mol. The maximum Gasteiger partial charge on any atom is 0.120 e. The van der Waals surface area contributed by atoms with Gasteiger partial charge in [-0.2, -0.15) is 0 Å². The number of hydrogen-bond acceptors (Lipinski definition) is 3. The van der Waals surface area contributed by atoms with Gasteiger partial charge >= 0.3 is 0 Å². The molecule has 0 aliphatic rings. The minimum absolute atomic E-state index is 0.148. The van der Waals surface area contributed by atoms with Crippen LogP contribution in [0.4, 0.5) is 5.69 Å². The van der Waals surface area contributed by atoms with Crippen molar-refractivity contribution in [1.82, 2.24) is 0 Å². The maximum atomic E-state index is 5.75. The van der Waals surface area contributed by atoms with Crippen LogP contribution < -0.4 is 15.4 Å². The van der Waals surface area contributed by atoms with Crippen molar-refractivity contribution in [1.29, 1.82) is 0 Å². The van der Waals surface area contributed by atoms with Crippen LogP contribution in [-0.4, -0.2) is 25.7 Å². The fourth-order valence-electron chi connectivity index (χ4n) is 1.44. The second-order valence-corrected chi connectivity index (χ2v) is 4.92. The molecule has 1 rings (SSSR count). The van der Waals surface area contributed by atoms with E-state index in [0.717, 1.165) is 18.0 Å². The molecule has 2 N–H and O–H groups in total. The van der Waals surface area contributed by atoms with Crippen molar-refractivity contribution >= 4 is 5.69 Å². The van der Waals surface area contributed by atoms with E-state index in [1.807, 2.05) is 40.0 Å². The van der Waals surface area contributed by atoms with E-state index in [1.54, 1.807) is 0 Å². The average molecular weight is 222 g/mol. The van der Waals surface area contributed by atoms with Gasteiger partial charge in [0.15, 0.2) is 0 Å². The number of nitrogens with two attached hydrogens (primary N) is 1. The fourth-order valence-corrected chi connectivity index (χ4v) is 1.44. The van der Waals surface area contributed by atoms with Crippen molar-refractivity contribution in [2.45, 2.75) is 26.4 Å². The highest BCUT2D eigenvalue weighted by Gasteiger charge is 2.11. The molecule has 0 amide bonds. The molecule has 0 aliphatic heterocycles. The van der Waals surface area contributed by atoms with Gasteiger partial charge in [0.2, 0.25) is 0 Å². The van der Waals surface area contributed by atoms with E-state index in [1.165, 1.54) is 0 Å². The summed E-state index contributed by atoms with van der Waals surface area (Å²) in [6, 6.07) is 8.09. The highest BCUT2D eigenvalue weighted by atomic mass is 16.5. The molecule has 0 aromatic heterocycles. The monoisotopic (exact) mass is 222 g/mol. The molecular weight excluding hydrogens is 200 g/mol. The Morgan fingerprint density at radius 2 is 1.75 bits per heavy atom. The zero-order valence-electron chi connectivity index (χ0n) is 10.7. The van der Waals surface area contributed by atoms with E-state index >= 15 is 0 Å². The summed E-state index contributed by atoms with van der Waals surface area (Å²) < 4.78 is 5.75. The molecule has 0 saturated heterocycles. The summed E-state index contributed by atoms with van der Waals surface area (Å²) in [5.74, 6) is 0.900. The quantitative estimate of drug-likeness (QED) is 0.849. The largest absolute Gasteiger partial charge is 0.488 e. The van der Waals surface area contributed by atoms with Gasteiger partial charge in [-0.05, 0) is 45.0 Å². The maximum absolute atomic E-state index is 5.75. The topological polar surface area (TPSA) is 38.5 Å². The number of benzene rings is 1. The summed E-state index contributed by atoms with van der Waals surface area (Å²) in [4.78, 5) is 2.13.